The van der Waals surface area contributed by atoms with Crippen LogP contribution in [0.2, 0.25) is 0 Å². The van der Waals surface area contributed by atoms with Gasteiger partial charge in [-0.15, -0.1) is 0 Å². The lowest BCUT2D eigenvalue weighted by molar-refractivity contribution is 0.422. The molecule has 3 heteroatoms. The van der Waals surface area contributed by atoms with Gasteiger partial charge in [-0.05, 0) is 5.41 Å². The molecule has 2 N–H and O–H groups in total. The van der Waals surface area contributed by atoms with Crippen molar-refractivity contribution in [3.63, 3.8) is 0 Å². The summed E-state index contributed by atoms with van der Waals surface area (Å²) in [4.78, 5) is 0. The Balaban J connectivity index is 3.71. The highest BCUT2D eigenvalue weighted by Crippen LogP contribution is 2.13. The molecule has 0 aliphatic rings. The Kier molecular flexibility index (Phi) is 2.94. The van der Waals surface area contributed by atoms with Crippen molar-refractivity contribution in [3.05, 3.63) is 12.1 Å². The number of allylic oxidation sites excluding steroid dienone is 1. The second-order valence-corrected chi connectivity index (χ2v) is 3.14. The Morgan fingerprint density at radius 3 is 1.78 bits per heavy atom. The third kappa shape index (κ3) is 7.72. The molecule has 0 spiro atoms. The van der Waals surface area contributed by atoms with Gasteiger partial charge in [0.1, 0.15) is 0 Å². The molecule has 52 valence electrons. The molecule has 0 saturated carbocycles. The normalized spacial score (nSPS) is 12.6. The first-order chi connectivity index (χ1) is 3.92. The molecule has 0 unspecified atom stereocenters. The van der Waals surface area contributed by atoms with Gasteiger partial charge in [0.2, 0.25) is 0 Å². The summed E-state index contributed by atoms with van der Waals surface area (Å²) in [5.41, 5.74) is 0.0315. The van der Waals surface area contributed by atoms with E-state index in [0.29, 0.717) is 0 Å². The molecule has 0 aliphatic carbocycles. The summed E-state index contributed by atoms with van der Waals surface area (Å²) in [7, 11) is -1.32. The quantitative estimate of drug-likeness (QED) is 0.507. The van der Waals surface area contributed by atoms with Gasteiger partial charge in [0.25, 0.3) is 0 Å². The summed E-state index contributed by atoms with van der Waals surface area (Å²) in [5, 5.41) is 16.8. The molecule has 0 amide bonds. The molecule has 2 nitrogen and oxygen atoms in total. The van der Waals surface area contributed by atoms with E-state index >= 15 is 0 Å². The molecule has 0 aromatic heterocycles. The van der Waals surface area contributed by atoms with E-state index in [1.165, 1.54) is 5.98 Å². The summed E-state index contributed by atoms with van der Waals surface area (Å²) in [6.07, 6.45) is 1.76. The fourth-order valence-electron chi connectivity index (χ4n) is 0.375. The van der Waals surface area contributed by atoms with Crippen molar-refractivity contribution in [3.8, 4) is 0 Å². The van der Waals surface area contributed by atoms with Crippen LogP contribution in [-0.4, -0.2) is 17.2 Å². The Labute approximate surface area is 56.4 Å². The van der Waals surface area contributed by atoms with Gasteiger partial charge in [-0.3, -0.25) is 0 Å². The van der Waals surface area contributed by atoms with Gasteiger partial charge in [-0.1, -0.05) is 32.8 Å². The molecular formula is C6H13BO2. The van der Waals surface area contributed by atoms with Crippen molar-refractivity contribution >= 4 is 7.12 Å². The molecular weight excluding hydrogens is 115 g/mol. The molecule has 0 heterocycles. The molecule has 0 rings (SSSR count). The zero-order valence-electron chi connectivity index (χ0n) is 6.13. The molecule has 0 bridgehead atoms. The van der Waals surface area contributed by atoms with E-state index in [1.807, 2.05) is 20.8 Å². The van der Waals surface area contributed by atoms with Crippen LogP contribution in [0.15, 0.2) is 12.1 Å². The van der Waals surface area contributed by atoms with Crippen LogP contribution in [0.4, 0.5) is 0 Å². The van der Waals surface area contributed by atoms with Crippen LogP contribution in [0.1, 0.15) is 20.8 Å². The largest absolute Gasteiger partial charge is 0.480 e. The zero-order valence-corrected chi connectivity index (χ0v) is 6.13. The maximum atomic E-state index is 8.38. The van der Waals surface area contributed by atoms with Crippen molar-refractivity contribution in [1.29, 1.82) is 0 Å². The highest BCUT2D eigenvalue weighted by atomic mass is 16.4. The Morgan fingerprint density at radius 2 is 1.67 bits per heavy atom. The van der Waals surface area contributed by atoms with E-state index < -0.39 is 7.12 Å². The van der Waals surface area contributed by atoms with E-state index in [2.05, 4.69) is 0 Å². The van der Waals surface area contributed by atoms with Crippen molar-refractivity contribution in [2.24, 2.45) is 5.41 Å². The van der Waals surface area contributed by atoms with Gasteiger partial charge < -0.3 is 10.0 Å². The monoisotopic (exact) mass is 128 g/mol. The summed E-state index contributed by atoms with van der Waals surface area (Å²) in [5.74, 6) is 1.36. The lowest BCUT2D eigenvalue weighted by atomic mass is 9.85. The highest BCUT2D eigenvalue weighted by Gasteiger charge is 2.06. The topological polar surface area (TPSA) is 40.5 Å². The Bertz CT molecular complexity index is 102. The van der Waals surface area contributed by atoms with Crippen LogP contribution in [-0.2, 0) is 0 Å². The minimum atomic E-state index is -1.32. The van der Waals surface area contributed by atoms with Crippen LogP contribution in [0.3, 0.4) is 0 Å². The first kappa shape index (κ1) is 8.72. The van der Waals surface area contributed by atoms with Crippen LogP contribution in [0.5, 0.6) is 0 Å². The van der Waals surface area contributed by atoms with Gasteiger partial charge in [-0.25, -0.2) is 0 Å². The molecule has 0 radical (unpaired) electrons. The third-order valence-electron chi connectivity index (χ3n) is 0.768. The average Bonchev–Trinajstić information content (AvgIpc) is 1.59. The van der Waals surface area contributed by atoms with Crippen LogP contribution in [0.25, 0.3) is 0 Å². The van der Waals surface area contributed by atoms with Gasteiger partial charge in [0.15, 0.2) is 0 Å². The molecule has 0 saturated heterocycles. The van der Waals surface area contributed by atoms with E-state index in [-0.39, 0.29) is 5.41 Å². The van der Waals surface area contributed by atoms with Gasteiger partial charge in [0.05, 0.1) is 0 Å². The Morgan fingerprint density at radius 1 is 1.22 bits per heavy atom. The smallest absolute Gasteiger partial charge is 0.424 e. The molecule has 0 aromatic carbocycles. The maximum Gasteiger partial charge on any atom is 0.480 e. The highest BCUT2D eigenvalue weighted by molar-refractivity contribution is 6.47. The Hall–Kier alpha value is -0.275. The van der Waals surface area contributed by atoms with Crippen molar-refractivity contribution < 1.29 is 10.0 Å². The average molecular weight is 128 g/mol. The minimum absolute atomic E-state index is 0.0315. The number of rotatable bonds is 1. The molecule has 0 atom stereocenters. The number of hydrogen-bond acceptors (Lipinski definition) is 2. The fraction of sp³-hybridized carbons (Fsp3) is 0.667. The molecule has 9 heavy (non-hydrogen) atoms. The standard InChI is InChI=1S/C6H13BO2/c1-6(2,3)4-5-7(8)9/h4-5,8-9H,1-3H3. The lowest BCUT2D eigenvalue weighted by Gasteiger charge is -2.10. The predicted octanol–water partition coefficient (Wildman–Crippen LogP) is 0.601. The number of hydrogen-bond donors (Lipinski definition) is 2. The van der Waals surface area contributed by atoms with E-state index in [9.17, 15) is 0 Å². The van der Waals surface area contributed by atoms with Crippen molar-refractivity contribution in [1.82, 2.24) is 0 Å². The van der Waals surface area contributed by atoms with Crippen molar-refractivity contribution in [2.45, 2.75) is 20.8 Å². The summed E-state index contributed by atoms with van der Waals surface area (Å²) < 4.78 is 0. The first-order valence-electron chi connectivity index (χ1n) is 2.97. The summed E-state index contributed by atoms with van der Waals surface area (Å²) >= 11 is 0. The fourth-order valence-corrected chi connectivity index (χ4v) is 0.375. The van der Waals surface area contributed by atoms with Crippen molar-refractivity contribution in [2.75, 3.05) is 0 Å². The van der Waals surface area contributed by atoms with Crippen LogP contribution >= 0.6 is 0 Å². The lowest BCUT2D eigenvalue weighted by Crippen LogP contribution is -2.09. The first-order valence-corrected chi connectivity index (χ1v) is 2.97. The zero-order chi connectivity index (χ0) is 7.49. The van der Waals surface area contributed by atoms with Gasteiger partial charge in [-0.2, -0.15) is 0 Å². The second kappa shape index (κ2) is 3.04. The SMILES string of the molecule is CC(C)(C)C=CB(O)O. The minimum Gasteiger partial charge on any atom is -0.424 e. The van der Waals surface area contributed by atoms with E-state index in [4.69, 9.17) is 10.0 Å². The van der Waals surface area contributed by atoms with Crippen LogP contribution in [0, 0.1) is 5.41 Å². The molecule has 0 aromatic rings. The third-order valence-corrected chi connectivity index (χ3v) is 0.768. The maximum absolute atomic E-state index is 8.38. The molecule has 0 aliphatic heterocycles. The van der Waals surface area contributed by atoms with E-state index in [1.54, 1.807) is 6.08 Å². The summed E-state index contributed by atoms with van der Waals surface area (Å²) in [6, 6.07) is 0. The molecule has 0 fully saturated rings. The predicted molar refractivity (Wildman–Crippen MR) is 38.8 cm³/mol. The summed E-state index contributed by atoms with van der Waals surface area (Å²) in [6.45, 7) is 5.98. The van der Waals surface area contributed by atoms with Gasteiger partial charge >= 0.3 is 7.12 Å². The second-order valence-electron chi connectivity index (χ2n) is 3.14. The van der Waals surface area contributed by atoms with Gasteiger partial charge in [0, 0.05) is 0 Å². The van der Waals surface area contributed by atoms with Crippen LogP contribution < -0.4 is 0 Å². The van der Waals surface area contributed by atoms with E-state index in [0.717, 1.165) is 0 Å².